The van der Waals surface area contributed by atoms with Crippen molar-refractivity contribution < 1.29 is 4.79 Å². The number of aromatic nitrogens is 2. The van der Waals surface area contributed by atoms with Crippen molar-refractivity contribution in [1.29, 1.82) is 0 Å². The van der Waals surface area contributed by atoms with Crippen molar-refractivity contribution in [1.82, 2.24) is 9.97 Å². The number of aryl methyl sites for hydroxylation is 1. The van der Waals surface area contributed by atoms with Crippen LogP contribution in [0, 0.1) is 6.92 Å². The lowest BCUT2D eigenvalue weighted by molar-refractivity contribution is -0.113. The Morgan fingerprint density at radius 2 is 2.04 bits per heavy atom. The zero-order valence-corrected chi connectivity index (χ0v) is 14.2. The van der Waals surface area contributed by atoms with Gasteiger partial charge in [0.05, 0.1) is 16.3 Å². The predicted octanol–water partition coefficient (Wildman–Crippen LogP) is 4.24. The lowest BCUT2D eigenvalue weighted by Crippen LogP contribution is -2.14. The van der Waals surface area contributed by atoms with Crippen molar-refractivity contribution in [3.05, 3.63) is 59.6 Å². The molecule has 0 spiro atoms. The Labute approximate surface area is 143 Å². The zero-order chi connectivity index (χ0) is 16.1. The van der Waals surface area contributed by atoms with Crippen LogP contribution in [0.5, 0.6) is 0 Å². The summed E-state index contributed by atoms with van der Waals surface area (Å²) >= 11 is 2.97. The molecular weight excluding hydrogens is 326 g/mol. The predicted molar refractivity (Wildman–Crippen MR) is 95.9 cm³/mol. The van der Waals surface area contributed by atoms with E-state index >= 15 is 0 Å². The first kappa shape index (κ1) is 15.7. The van der Waals surface area contributed by atoms with Gasteiger partial charge in [-0.05, 0) is 36.6 Å². The van der Waals surface area contributed by atoms with Crippen molar-refractivity contribution in [3.63, 3.8) is 0 Å². The molecule has 0 aliphatic carbocycles. The van der Waals surface area contributed by atoms with E-state index in [9.17, 15) is 4.79 Å². The first-order valence-electron chi connectivity index (χ1n) is 7.07. The van der Waals surface area contributed by atoms with E-state index in [1.54, 1.807) is 17.5 Å². The van der Waals surface area contributed by atoms with Gasteiger partial charge in [0.25, 0.3) is 0 Å². The van der Waals surface area contributed by atoms with Crippen molar-refractivity contribution in [3.8, 4) is 10.6 Å². The van der Waals surface area contributed by atoms with Gasteiger partial charge in [-0.1, -0.05) is 35.5 Å². The summed E-state index contributed by atoms with van der Waals surface area (Å²) in [7, 11) is 0. The van der Waals surface area contributed by atoms with Crippen LogP contribution in [0.15, 0.2) is 59.2 Å². The van der Waals surface area contributed by atoms with Crippen molar-refractivity contribution in [2.45, 2.75) is 12.1 Å². The summed E-state index contributed by atoms with van der Waals surface area (Å²) < 4.78 is 0. The summed E-state index contributed by atoms with van der Waals surface area (Å²) in [6.45, 7) is 2.01. The molecule has 3 rings (SSSR count). The molecule has 0 aliphatic heterocycles. The molecule has 0 radical (unpaired) electrons. The van der Waals surface area contributed by atoms with Crippen LogP contribution >= 0.6 is 23.1 Å². The Kier molecular flexibility index (Phi) is 5.05. The molecule has 0 fully saturated rings. The van der Waals surface area contributed by atoms with Crippen LogP contribution < -0.4 is 5.32 Å². The van der Waals surface area contributed by atoms with E-state index in [-0.39, 0.29) is 11.7 Å². The lowest BCUT2D eigenvalue weighted by atomic mass is 10.2. The van der Waals surface area contributed by atoms with Gasteiger partial charge in [0, 0.05) is 11.9 Å². The van der Waals surface area contributed by atoms with Gasteiger partial charge < -0.3 is 5.32 Å². The molecule has 116 valence electrons. The SMILES string of the molecule is Cc1ccc(NC(=O)CSc2nccc(-c3cccs3)n2)cc1. The molecule has 0 saturated heterocycles. The summed E-state index contributed by atoms with van der Waals surface area (Å²) in [5.74, 6) is 0.214. The number of hydrogen-bond donors (Lipinski definition) is 1. The maximum atomic E-state index is 12.0. The minimum atomic E-state index is -0.0658. The summed E-state index contributed by atoms with van der Waals surface area (Å²) in [5, 5.41) is 5.49. The molecule has 0 bridgehead atoms. The van der Waals surface area contributed by atoms with Gasteiger partial charge in [0.1, 0.15) is 0 Å². The Morgan fingerprint density at radius 1 is 1.22 bits per heavy atom. The Morgan fingerprint density at radius 3 is 2.78 bits per heavy atom. The maximum Gasteiger partial charge on any atom is 0.234 e. The van der Waals surface area contributed by atoms with E-state index in [2.05, 4.69) is 15.3 Å². The second-order valence-electron chi connectivity index (χ2n) is 4.90. The van der Waals surface area contributed by atoms with Gasteiger partial charge in [-0.25, -0.2) is 9.97 Å². The van der Waals surface area contributed by atoms with E-state index in [4.69, 9.17) is 0 Å². The van der Waals surface area contributed by atoms with Crippen LogP contribution in [0.1, 0.15) is 5.56 Å². The van der Waals surface area contributed by atoms with Crippen LogP contribution in [0.25, 0.3) is 10.6 Å². The van der Waals surface area contributed by atoms with E-state index in [1.165, 1.54) is 11.8 Å². The largest absolute Gasteiger partial charge is 0.325 e. The molecule has 0 saturated carbocycles. The summed E-state index contributed by atoms with van der Waals surface area (Å²) in [6.07, 6.45) is 1.72. The highest BCUT2D eigenvalue weighted by molar-refractivity contribution is 7.99. The van der Waals surface area contributed by atoms with Crippen LogP contribution in [0.2, 0.25) is 0 Å². The number of anilines is 1. The Balaban J connectivity index is 1.58. The Bertz CT molecular complexity index is 786. The highest BCUT2D eigenvalue weighted by atomic mass is 32.2. The van der Waals surface area contributed by atoms with Crippen LogP contribution in [-0.2, 0) is 4.79 Å². The number of nitrogens with one attached hydrogen (secondary N) is 1. The fraction of sp³-hybridized carbons (Fsp3) is 0.118. The molecule has 4 nitrogen and oxygen atoms in total. The smallest absolute Gasteiger partial charge is 0.234 e. The number of thiophene rings is 1. The normalized spacial score (nSPS) is 10.5. The van der Waals surface area contributed by atoms with Gasteiger partial charge in [0.15, 0.2) is 5.16 Å². The number of hydrogen-bond acceptors (Lipinski definition) is 5. The molecule has 2 aromatic heterocycles. The minimum Gasteiger partial charge on any atom is -0.325 e. The molecule has 0 unspecified atom stereocenters. The molecule has 2 heterocycles. The molecule has 1 N–H and O–H groups in total. The lowest BCUT2D eigenvalue weighted by Gasteiger charge is -2.05. The average Bonchev–Trinajstić information content (AvgIpc) is 3.10. The fourth-order valence-corrected chi connectivity index (χ4v) is 3.26. The van der Waals surface area contributed by atoms with E-state index in [1.807, 2.05) is 54.8 Å². The topological polar surface area (TPSA) is 54.9 Å². The van der Waals surface area contributed by atoms with E-state index < -0.39 is 0 Å². The minimum absolute atomic E-state index is 0.0658. The quantitative estimate of drug-likeness (QED) is 0.557. The number of rotatable bonds is 5. The summed E-state index contributed by atoms with van der Waals surface area (Å²) in [4.78, 5) is 21.8. The molecule has 1 amide bonds. The molecule has 1 aromatic carbocycles. The monoisotopic (exact) mass is 341 g/mol. The fourth-order valence-electron chi connectivity index (χ4n) is 1.94. The number of amides is 1. The third kappa shape index (κ3) is 4.40. The molecule has 0 aliphatic rings. The standard InChI is InChI=1S/C17H15N3OS2/c1-12-4-6-13(7-5-12)19-16(21)11-23-17-18-9-8-14(20-17)15-3-2-10-22-15/h2-10H,11H2,1H3,(H,19,21). The van der Waals surface area contributed by atoms with Gasteiger partial charge in [0.2, 0.25) is 5.91 Å². The van der Waals surface area contributed by atoms with E-state index in [0.29, 0.717) is 5.16 Å². The first-order chi connectivity index (χ1) is 11.2. The molecular formula is C17H15N3OS2. The number of carbonyl (C=O) groups excluding carboxylic acids is 1. The van der Waals surface area contributed by atoms with Crippen LogP contribution in [-0.4, -0.2) is 21.6 Å². The number of thioether (sulfide) groups is 1. The molecule has 6 heteroatoms. The second kappa shape index (κ2) is 7.39. The van der Waals surface area contributed by atoms with Crippen LogP contribution in [0.4, 0.5) is 5.69 Å². The molecule has 23 heavy (non-hydrogen) atoms. The number of carbonyl (C=O) groups is 1. The van der Waals surface area contributed by atoms with Gasteiger partial charge in [-0.2, -0.15) is 0 Å². The van der Waals surface area contributed by atoms with Crippen LogP contribution in [0.3, 0.4) is 0 Å². The third-order valence-corrected chi connectivity index (χ3v) is 4.83. The van der Waals surface area contributed by atoms with E-state index in [0.717, 1.165) is 21.8 Å². The maximum absolute atomic E-state index is 12.0. The Hall–Kier alpha value is -2.18. The summed E-state index contributed by atoms with van der Waals surface area (Å²) in [6, 6.07) is 13.6. The zero-order valence-electron chi connectivity index (χ0n) is 12.5. The van der Waals surface area contributed by atoms with Crippen molar-refractivity contribution in [2.75, 3.05) is 11.1 Å². The second-order valence-corrected chi connectivity index (χ2v) is 6.79. The van der Waals surface area contributed by atoms with Gasteiger partial charge >= 0.3 is 0 Å². The number of nitrogens with zero attached hydrogens (tertiary/aromatic N) is 2. The van der Waals surface area contributed by atoms with Gasteiger partial charge in [-0.15, -0.1) is 11.3 Å². The molecule has 0 atom stereocenters. The average molecular weight is 341 g/mol. The number of benzene rings is 1. The van der Waals surface area contributed by atoms with Gasteiger partial charge in [-0.3, -0.25) is 4.79 Å². The highest BCUT2D eigenvalue weighted by Crippen LogP contribution is 2.24. The first-order valence-corrected chi connectivity index (χ1v) is 8.93. The third-order valence-electron chi connectivity index (χ3n) is 3.07. The summed E-state index contributed by atoms with van der Waals surface area (Å²) in [5.41, 5.74) is 2.85. The van der Waals surface area contributed by atoms with Crippen molar-refractivity contribution >= 4 is 34.7 Å². The molecule has 3 aromatic rings. The highest BCUT2D eigenvalue weighted by Gasteiger charge is 2.07. The van der Waals surface area contributed by atoms with Crippen molar-refractivity contribution in [2.24, 2.45) is 0 Å².